The first-order valence-electron chi connectivity index (χ1n) is 6.07. The molecule has 1 rings (SSSR count). The molecule has 0 aliphatic rings. The summed E-state index contributed by atoms with van der Waals surface area (Å²) in [5.74, 6) is -1.07. The Morgan fingerprint density at radius 2 is 1.95 bits per heavy atom. The number of hydrogen-bond acceptors (Lipinski definition) is 5. The Morgan fingerprint density at radius 3 is 2.50 bits per heavy atom. The van der Waals surface area contributed by atoms with Crippen molar-refractivity contribution in [3.63, 3.8) is 0 Å². The number of ketones is 1. The number of carbonyl (C=O) groups is 2. The number of esters is 1. The molecule has 0 unspecified atom stereocenters. The maximum atomic E-state index is 11.9. The molecule has 1 N–H and O–H groups in total. The van der Waals surface area contributed by atoms with Crippen LogP contribution < -0.4 is 9.46 Å². The Labute approximate surface area is 118 Å². The van der Waals surface area contributed by atoms with E-state index in [9.17, 15) is 18.0 Å². The van der Waals surface area contributed by atoms with E-state index in [0.717, 1.165) is 0 Å². The lowest BCUT2D eigenvalue weighted by Gasteiger charge is -2.12. The van der Waals surface area contributed by atoms with Gasteiger partial charge in [0.05, 0.1) is 0 Å². The molecule has 0 atom stereocenters. The van der Waals surface area contributed by atoms with Crippen LogP contribution in [0.25, 0.3) is 0 Å². The van der Waals surface area contributed by atoms with Crippen molar-refractivity contribution in [1.29, 1.82) is 0 Å². The van der Waals surface area contributed by atoms with Gasteiger partial charge in [-0.2, -0.15) is 0 Å². The van der Waals surface area contributed by atoms with Gasteiger partial charge in [0.2, 0.25) is 10.0 Å². The molecule has 6 nitrogen and oxygen atoms in total. The van der Waals surface area contributed by atoms with Crippen LogP contribution in [0.5, 0.6) is 5.75 Å². The first kappa shape index (κ1) is 16.3. The zero-order valence-corrected chi connectivity index (χ0v) is 12.4. The van der Waals surface area contributed by atoms with Gasteiger partial charge in [-0.15, -0.1) is 0 Å². The van der Waals surface area contributed by atoms with Gasteiger partial charge in [-0.1, -0.05) is 19.1 Å². The summed E-state index contributed by atoms with van der Waals surface area (Å²) in [5, 5.41) is 0. The molecule has 0 amide bonds. The summed E-state index contributed by atoms with van der Waals surface area (Å²) in [6.07, 6.45) is -0.144. The number of rotatable bonds is 6. The molecule has 0 heterocycles. The molecular formula is C13H17NO5S. The third kappa shape index (κ3) is 3.88. The largest absolute Gasteiger partial charge is 0.424 e. The highest BCUT2D eigenvalue weighted by Gasteiger charge is 2.22. The quantitative estimate of drug-likeness (QED) is 0.484. The number of carbonyl (C=O) groups excluding carboxylic acids is 2. The standard InChI is InChI=1S/C13H17NO5S/c1-4-10(15)8-12(16)19-13-9(2)6-5-7-11(13)20(17,18)14-3/h5-7,14H,4,8H2,1-3H3. The first-order valence-corrected chi connectivity index (χ1v) is 7.55. The summed E-state index contributed by atoms with van der Waals surface area (Å²) in [7, 11) is -2.48. The Hall–Kier alpha value is -1.73. The number of Topliss-reactive ketones (excluding diaryl/α,β-unsaturated/α-hetero) is 1. The molecular weight excluding hydrogens is 282 g/mol. The zero-order valence-electron chi connectivity index (χ0n) is 11.6. The number of sulfonamides is 1. The predicted molar refractivity (Wildman–Crippen MR) is 73.0 cm³/mol. The van der Waals surface area contributed by atoms with E-state index >= 15 is 0 Å². The van der Waals surface area contributed by atoms with Crippen LogP contribution >= 0.6 is 0 Å². The van der Waals surface area contributed by atoms with Crippen LogP contribution in [0.3, 0.4) is 0 Å². The molecule has 1 aromatic carbocycles. The number of ether oxygens (including phenoxy) is 1. The molecule has 0 fully saturated rings. The van der Waals surface area contributed by atoms with Crippen molar-refractivity contribution in [2.45, 2.75) is 31.6 Å². The van der Waals surface area contributed by atoms with Crippen LogP contribution in [-0.4, -0.2) is 27.2 Å². The summed E-state index contributed by atoms with van der Waals surface area (Å²) < 4.78 is 31.0. The van der Waals surface area contributed by atoms with Crippen molar-refractivity contribution < 1.29 is 22.7 Å². The van der Waals surface area contributed by atoms with E-state index in [1.807, 2.05) is 0 Å². The Balaban J connectivity index is 3.12. The minimum Gasteiger partial charge on any atom is -0.424 e. The summed E-state index contributed by atoms with van der Waals surface area (Å²) in [6.45, 7) is 3.26. The summed E-state index contributed by atoms with van der Waals surface area (Å²) in [6, 6.07) is 4.51. The van der Waals surface area contributed by atoms with Crippen molar-refractivity contribution in [3.8, 4) is 5.75 Å². The van der Waals surface area contributed by atoms with Crippen molar-refractivity contribution in [2.24, 2.45) is 0 Å². The summed E-state index contributed by atoms with van der Waals surface area (Å²) in [5.41, 5.74) is 0.499. The van der Waals surface area contributed by atoms with Gasteiger partial charge < -0.3 is 4.74 Å². The van der Waals surface area contributed by atoms with Crippen LogP contribution in [-0.2, 0) is 19.6 Å². The molecule has 0 aromatic heterocycles. The second kappa shape index (κ2) is 6.62. The molecule has 110 valence electrons. The van der Waals surface area contributed by atoms with Gasteiger partial charge in [0.25, 0.3) is 0 Å². The molecule has 1 aromatic rings. The van der Waals surface area contributed by atoms with E-state index < -0.39 is 16.0 Å². The van der Waals surface area contributed by atoms with Crippen LogP contribution in [0.1, 0.15) is 25.3 Å². The maximum absolute atomic E-state index is 11.9. The van der Waals surface area contributed by atoms with Crippen molar-refractivity contribution in [1.82, 2.24) is 4.72 Å². The Bertz CT molecular complexity index is 622. The number of aryl methyl sites for hydroxylation is 1. The fraction of sp³-hybridized carbons (Fsp3) is 0.385. The Morgan fingerprint density at radius 1 is 1.30 bits per heavy atom. The fourth-order valence-electron chi connectivity index (χ4n) is 1.51. The molecule has 0 spiro atoms. The SMILES string of the molecule is CCC(=O)CC(=O)Oc1c(C)cccc1S(=O)(=O)NC. The minimum absolute atomic E-state index is 0.0456. The molecule has 0 aliphatic carbocycles. The van der Waals surface area contributed by atoms with Gasteiger partial charge in [-0.3, -0.25) is 9.59 Å². The number of para-hydroxylation sites is 1. The van der Waals surface area contributed by atoms with E-state index in [1.54, 1.807) is 26.0 Å². The first-order chi connectivity index (χ1) is 9.31. The van der Waals surface area contributed by atoms with Crippen molar-refractivity contribution in [3.05, 3.63) is 23.8 Å². The Kier molecular flexibility index (Phi) is 5.41. The second-order valence-electron chi connectivity index (χ2n) is 4.15. The highest BCUT2D eigenvalue weighted by Crippen LogP contribution is 2.27. The molecule has 0 aliphatic heterocycles. The monoisotopic (exact) mass is 299 g/mol. The molecule has 0 radical (unpaired) electrons. The summed E-state index contributed by atoms with van der Waals surface area (Å²) >= 11 is 0. The second-order valence-corrected chi connectivity index (χ2v) is 6.01. The average molecular weight is 299 g/mol. The minimum atomic E-state index is -3.74. The number of benzene rings is 1. The van der Waals surface area contributed by atoms with E-state index in [4.69, 9.17) is 4.74 Å². The number of hydrogen-bond donors (Lipinski definition) is 1. The van der Waals surface area contributed by atoms with E-state index in [1.165, 1.54) is 13.1 Å². The van der Waals surface area contributed by atoms with Crippen molar-refractivity contribution >= 4 is 21.8 Å². The van der Waals surface area contributed by atoms with Crippen LogP contribution in [0.4, 0.5) is 0 Å². The molecule has 0 saturated heterocycles. The van der Waals surface area contributed by atoms with Gasteiger partial charge in [0.15, 0.2) is 5.75 Å². The maximum Gasteiger partial charge on any atom is 0.318 e. The zero-order chi connectivity index (χ0) is 15.3. The van der Waals surface area contributed by atoms with Crippen LogP contribution in [0.15, 0.2) is 23.1 Å². The smallest absolute Gasteiger partial charge is 0.318 e. The lowest BCUT2D eigenvalue weighted by molar-refractivity contribution is -0.138. The van der Waals surface area contributed by atoms with Crippen molar-refractivity contribution in [2.75, 3.05) is 7.05 Å². The third-order valence-corrected chi connectivity index (χ3v) is 4.12. The van der Waals surface area contributed by atoms with Crippen LogP contribution in [0, 0.1) is 6.92 Å². The average Bonchev–Trinajstić information content (AvgIpc) is 2.40. The lowest BCUT2D eigenvalue weighted by Crippen LogP contribution is -2.21. The summed E-state index contributed by atoms with van der Waals surface area (Å²) in [4.78, 5) is 22.7. The topological polar surface area (TPSA) is 89.5 Å². The normalized spacial score (nSPS) is 11.2. The molecule has 0 bridgehead atoms. The van der Waals surface area contributed by atoms with Gasteiger partial charge in [-0.25, -0.2) is 13.1 Å². The fourth-order valence-corrected chi connectivity index (χ4v) is 2.44. The predicted octanol–water partition coefficient (Wildman–Crippen LogP) is 1.18. The molecule has 0 saturated carbocycles. The number of nitrogens with one attached hydrogen (secondary N) is 1. The lowest BCUT2D eigenvalue weighted by atomic mass is 10.2. The van der Waals surface area contributed by atoms with Gasteiger partial charge in [-0.05, 0) is 25.6 Å². The molecule has 7 heteroatoms. The highest BCUT2D eigenvalue weighted by atomic mass is 32.2. The molecule has 20 heavy (non-hydrogen) atoms. The highest BCUT2D eigenvalue weighted by molar-refractivity contribution is 7.89. The van der Waals surface area contributed by atoms with Gasteiger partial charge in [0, 0.05) is 6.42 Å². The third-order valence-electron chi connectivity index (χ3n) is 2.69. The van der Waals surface area contributed by atoms with Gasteiger partial charge in [0.1, 0.15) is 17.1 Å². The van der Waals surface area contributed by atoms with E-state index in [-0.39, 0.29) is 29.3 Å². The van der Waals surface area contributed by atoms with E-state index in [0.29, 0.717) is 5.56 Å². The van der Waals surface area contributed by atoms with E-state index in [2.05, 4.69) is 4.72 Å². The van der Waals surface area contributed by atoms with Gasteiger partial charge >= 0.3 is 5.97 Å². The van der Waals surface area contributed by atoms with Crippen LogP contribution in [0.2, 0.25) is 0 Å².